The zero-order valence-corrected chi connectivity index (χ0v) is 18.8. The van der Waals surface area contributed by atoms with E-state index in [9.17, 15) is 0 Å². The molecule has 5 aromatic carbocycles. The largest absolute Gasteiger partial charge is 0.356 e. The Morgan fingerprint density at radius 2 is 1.45 bits per heavy atom. The fourth-order valence-electron chi connectivity index (χ4n) is 4.75. The molecule has 0 aromatic heterocycles. The molecule has 3 heteroatoms. The second kappa shape index (κ2) is 7.86. The van der Waals surface area contributed by atoms with Crippen molar-refractivity contribution in [3.05, 3.63) is 108 Å². The molecule has 0 unspecified atom stereocenters. The topological polar surface area (TPSA) is 24.1 Å². The number of hydrogen-bond acceptors (Lipinski definition) is 2. The highest BCUT2D eigenvalue weighted by atomic mass is 14.9. The van der Waals surface area contributed by atoms with Crippen molar-refractivity contribution in [3.63, 3.8) is 0 Å². The first-order valence-corrected chi connectivity index (χ1v) is 11.4. The van der Waals surface area contributed by atoms with Gasteiger partial charge in [0.25, 0.3) is 0 Å². The van der Waals surface area contributed by atoms with Gasteiger partial charge in [0.15, 0.2) is 7.28 Å². The van der Waals surface area contributed by atoms with Crippen LogP contribution in [0.2, 0.25) is 0 Å². The summed E-state index contributed by atoms with van der Waals surface area (Å²) in [4.78, 5) is 0. The van der Waals surface area contributed by atoms with Gasteiger partial charge in [0, 0.05) is 22.7 Å². The van der Waals surface area contributed by atoms with Gasteiger partial charge in [-0.3, -0.25) is 0 Å². The lowest BCUT2D eigenvalue weighted by Crippen LogP contribution is -2.37. The van der Waals surface area contributed by atoms with Gasteiger partial charge in [-0.05, 0) is 77.7 Å². The Balaban J connectivity index is 1.28. The highest BCUT2D eigenvalue weighted by molar-refractivity contribution is 6.72. The summed E-state index contributed by atoms with van der Waals surface area (Å²) in [5.41, 5.74) is 11.9. The van der Waals surface area contributed by atoms with Gasteiger partial charge in [-0.15, -0.1) is 0 Å². The number of anilines is 4. The number of aryl methyl sites for hydroxylation is 2. The Kier molecular flexibility index (Phi) is 4.69. The minimum Gasteiger partial charge on any atom is -0.356 e. The molecule has 1 radical (unpaired) electrons. The van der Waals surface area contributed by atoms with E-state index in [1.165, 1.54) is 49.6 Å². The maximum absolute atomic E-state index is 3.63. The summed E-state index contributed by atoms with van der Waals surface area (Å²) in [6, 6.07) is 34.7. The van der Waals surface area contributed by atoms with Crippen LogP contribution in [0, 0.1) is 13.8 Å². The normalized spacial score (nSPS) is 11.8. The standard InChI is InChI=1S/C30H24BN2/c1-19-14-20(2)30-29(15-19)33-28-18-26(12-13-27(28)31-30)32-25-9-5-8-23(17-25)24-11-10-21-6-3-4-7-22(21)16-24/h3-18,32-33H,1-2H3. The number of nitrogens with one attached hydrogen (secondary N) is 2. The first-order valence-electron chi connectivity index (χ1n) is 11.4. The van der Waals surface area contributed by atoms with E-state index < -0.39 is 0 Å². The number of fused-ring (bicyclic) bond motifs is 3. The van der Waals surface area contributed by atoms with Gasteiger partial charge in [0.2, 0.25) is 0 Å². The van der Waals surface area contributed by atoms with Crippen molar-refractivity contribution in [1.82, 2.24) is 0 Å². The van der Waals surface area contributed by atoms with Gasteiger partial charge in [0.05, 0.1) is 0 Å². The van der Waals surface area contributed by atoms with Gasteiger partial charge in [-0.25, -0.2) is 0 Å². The zero-order valence-electron chi connectivity index (χ0n) is 18.8. The van der Waals surface area contributed by atoms with E-state index in [0.717, 1.165) is 17.1 Å². The molecule has 1 aliphatic heterocycles. The molecule has 2 N–H and O–H groups in total. The number of hydrogen-bond donors (Lipinski definition) is 2. The first kappa shape index (κ1) is 19.7. The Labute approximate surface area is 195 Å². The molecular weight excluding hydrogens is 399 g/mol. The lowest BCUT2D eigenvalue weighted by Gasteiger charge is -2.24. The van der Waals surface area contributed by atoms with E-state index in [2.05, 4.69) is 129 Å². The van der Waals surface area contributed by atoms with E-state index >= 15 is 0 Å². The second-order valence-electron chi connectivity index (χ2n) is 8.88. The monoisotopic (exact) mass is 423 g/mol. The molecule has 2 nitrogen and oxygen atoms in total. The van der Waals surface area contributed by atoms with Crippen LogP contribution in [0.3, 0.4) is 0 Å². The van der Waals surface area contributed by atoms with Crippen molar-refractivity contribution < 1.29 is 0 Å². The van der Waals surface area contributed by atoms with Crippen LogP contribution in [0.5, 0.6) is 0 Å². The van der Waals surface area contributed by atoms with Gasteiger partial charge >= 0.3 is 0 Å². The molecule has 6 rings (SSSR count). The predicted molar refractivity (Wildman–Crippen MR) is 143 cm³/mol. The first-order chi connectivity index (χ1) is 16.1. The van der Waals surface area contributed by atoms with E-state index in [4.69, 9.17) is 0 Å². The van der Waals surface area contributed by atoms with Crippen LogP contribution < -0.4 is 21.6 Å². The van der Waals surface area contributed by atoms with Gasteiger partial charge in [-0.1, -0.05) is 77.2 Å². The van der Waals surface area contributed by atoms with Gasteiger partial charge in [-0.2, -0.15) is 0 Å². The molecular formula is C30H24BN2. The molecule has 157 valence electrons. The van der Waals surface area contributed by atoms with Crippen LogP contribution in [0.1, 0.15) is 11.1 Å². The molecule has 0 fully saturated rings. The van der Waals surface area contributed by atoms with Crippen molar-refractivity contribution in [2.45, 2.75) is 13.8 Å². The molecule has 5 aromatic rings. The maximum atomic E-state index is 3.63. The highest BCUT2D eigenvalue weighted by Crippen LogP contribution is 2.29. The van der Waals surface area contributed by atoms with Crippen LogP contribution in [-0.4, -0.2) is 7.28 Å². The molecule has 1 heterocycles. The van der Waals surface area contributed by atoms with Gasteiger partial charge < -0.3 is 10.6 Å². The van der Waals surface area contributed by atoms with E-state index in [0.29, 0.717) is 0 Å². The maximum Gasteiger partial charge on any atom is 0.197 e. The SMILES string of the molecule is Cc1cc(C)c2c(c1)Nc1cc(Nc3cccc(-c4ccc5ccccc5c4)c3)ccc1[B]2. The van der Waals surface area contributed by atoms with Crippen molar-refractivity contribution in [2.24, 2.45) is 0 Å². The van der Waals surface area contributed by atoms with Crippen molar-refractivity contribution >= 4 is 51.7 Å². The molecule has 0 spiro atoms. The fraction of sp³-hybridized carbons (Fsp3) is 0.0667. The summed E-state index contributed by atoms with van der Waals surface area (Å²) in [5, 5.41) is 9.75. The average Bonchev–Trinajstić information content (AvgIpc) is 2.83. The van der Waals surface area contributed by atoms with Crippen LogP contribution in [0.25, 0.3) is 21.9 Å². The third kappa shape index (κ3) is 3.76. The summed E-state index contributed by atoms with van der Waals surface area (Å²) in [6.07, 6.45) is 0. The molecule has 33 heavy (non-hydrogen) atoms. The third-order valence-electron chi connectivity index (χ3n) is 6.39. The molecule has 1 aliphatic rings. The third-order valence-corrected chi connectivity index (χ3v) is 6.39. The Hall–Kier alpha value is -3.98. The summed E-state index contributed by atoms with van der Waals surface area (Å²) >= 11 is 0. The van der Waals surface area contributed by atoms with Crippen molar-refractivity contribution in [2.75, 3.05) is 10.6 Å². The molecule has 0 saturated heterocycles. The van der Waals surface area contributed by atoms with Crippen molar-refractivity contribution in [1.29, 1.82) is 0 Å². The Bertz CT molecular complexity index is 1520. The lowest BCUT2D eigenvalue weighted by molar-refractivity contribution is 1.39. The van der Waals surface area contributed by atoms with E-state index in [-0.39, 0.29) is 0 Å². The molecule has 0 saturated carbocycles. The molecule has 0 atom stereocenters. The summed E-state index contributed by atoms with van der Waals surface area (Å²) in [7, 11) is 2.28. The van der Waals surface area contributed by atoms with Crippen LogP contribution in [-0.2, 0) is 0 Å². The van der Waals surface area contributed by atoms with E-state index in [1.807, 2.05) is 0 Å². The quantitative estimate of drug-likeness (QED) is 0.314. The second-order valence-corrected chi connectivity index (χ2v) is 8.88. The van der Waals surface area contributed by atoms with Crippen LogP contribution in [0.4, 0.5) is 22.7 Å². The fourth-order valence-corrected chi connectivity index (χ4v) is 4.75. The summed E-state index contributed by atoms with van der Waals surface area (Å²) < 4.78 is 0. The smallest absolute Gasteiger partial charge is 0.197 e. The van der Waals surface area contributed by atoms with Crippen LogP contribution in [0.15, 0.2) is 97.1 Å². The number of rotatable bonds is 3. The summed E-state index contributed by atoms with van der Waals surface area (Å²) in [6.45, 7) is 4.32. The molecule has 0 bridgehead atoms. The summed E-state index contributed by atoms with van der Waals surface area (Å²) in [5.74, 6) is 0. The van der Waals surface area contributed by atoms with E-state index in [1.54, 1.807) is 0 Å². The number of benzene rings is 5. The zero-order chi connectivity index (χ0) is 22.4. The van der Waals surface area contributed by atoms with Crippen molar-refractivity contribution in [3.8, 4) is 11.1 Å². The van der Waals surface area contributed by atoms with Gasteiger partial charge in [0.1, 0.15) is 0 Å². The average molecular weight is 423 g/mol. The lowest BCUT2D eigenvalue weighted by atomic mass is 9.59. The Morgan fingerprint density at radius 3 is 2.36 bits per heavy atom. The molecule has 0 amide bonds. The minimum atomic E-state index is 1.07. The van der Waals surface area contributed by atoms with Crippen LogP contribution >= 0.6 is 0 Å². The molecule has 0 aliphatic carbocycles. The highest BCUT2D eigenvalue weighted by Gasteiger charge is 2.18. The minimum absolute atomic E-state index is 1.07. The Morgan fingerprint density at radius 1 is 0.636 bits per heavy atom. The predicted octanol–water partition coefficient (Wildman–Crippen LogP) is 6.58.